The Morgan fingerprint density at radius 2 is 1.86 bits per heavy atom. The van der Waals surface area contributed by atoms with Crippen molar-refractivity contribution in [3.05, 3.63) is 24.3 Å². The number of urea groups is 1. The maximum Gasteiger partial charge on any atom is 0.323 e. The van der Waals surface area contributed by atoms with Gasteiger partial charge >= 0.3 is 12.0 Å². The number of carboxylic acids is 1. The van der Waals surface area contributed by atoms with E-state index < -0.39 is 24.1 Å². The molecule has 0 aliphatic rings. The highest BCUT2D eigenvalue weighted by atomic mass is 16.5. The van der Waals surface area contributed by atoms with E-state index in [1.807, 2.05) is 0 Å². The van der Waals surface area contributed by atoms with Crippen LogP contribution in [-0.4, -0.2) is 48.0 Å². The molecular weight excluding hydrogens is 276 g/mol. The molecule has 0 fully saturated rings. The number of carboxylic acid groups (broad SMARTS) is 1. The minimum Gasteiger partial charge on any atom is -0.508 e. The zero-order valence-corrected chi connectivity index (χ0v) is 12.3. The summed E-state index contributed by atoms with van der Waals surface area (Å²) in [4.78, 5) is 24.3. The molecule has 1 rings (SSSR count). The minimum atomic E-state index is -1.14. The average Bonchev–Trinajstić information content (AvgIpc) is 2.36. The molecule has 0 radical (unpaired) electrons. The van der Waals surface area contributed by atoms with Crippen LogP contribution < -0.4 is 10.2 Å². The first-order chi connectivity index (χ1) is 9.75. The first-order valence-electron chi connectivity index (χ1n) is 6.34. The number of nitrogens with zero attached hydrogens (tertiary/aromatic N) is 1. The van der Waals surface area contributed by atoms with Crippen molar-refractivity contribution in [2.45, 2.75) is 19.4 Å². The number of aromatic hydroxyl groups is 1. The van der Waals surface area contributed by atoms with Crippen LogP contribution in [0.5, 0.6) is 5.75 Å². The quantitative estimate of drug-likeness (QED) is 0.737. The van der Waals surface area contributed by atoms with E-state index in [0.717, 1.165) is 4.90 Å². The molecular formula is C14H20N2O5. The van der Waals surface area contributed by atoms with Crippen LogP contribution in [0.3, 0.4) is 0 Å². The molecule has 0 saturated carbocycles. The molecule has 1 aromatic carbocycles. The summed E-state index contributed by atoms with van der Waals surface area (Å²) in [6.45, 7) is 3.34. The van der Waals surface area contributed by atoms with E-state index in [9.17, 15) is 14.7 Å². The van der Waals surface area contributed by atoms with Crippen LogP contribution in [0.15, 0.2) is 24.3 Å². The first-order valence-corrected chi connectivity index (χ1v) is 6.34. The van der Waals surface area contributed by atoms with E-state index >= 15 is 0 Å². The summed E-state index contributed by atoms with van der Waals surface area (Å²) in [6, 6.07) is 5.17. The largest absolute Gasteiger partial charge is 0.508 e. The second-order valence-electron chi connectivity index (χ2n) is 5.24. The number of phenolic OH excluding ortho intramolecular Hbond substituents is 1. The lowest BCUT2D eigenvalue weighted by atomic mass is 10.1. The minimum absolute atomic E-state index is 0.0362. The maximum atomic E-state index is 12.3. The monoisotopic (exact) mass is 296 g/mol. The fourth-order valence-electron chi connectivity index (χ4n) is 1.80. The molecule has 0 saturated heterocycles. The maximum absolute atomic E-state index is 12.3. The predicted octanol–water partition coefficient (Wildman–Crippen LogP) is 1.42. The van der Waals surface area contributed by atoms with Crippen LogP contribution in [0, 0.1) is 0 Å². The Morgan fingerprint density at radius 1 is 1.29 bits per heavy atom. The number of amides is 2. The van der Waals surface area contributed by atoms with Crippen molar-refractivity contribution in [1.29, 1.82) is 0 Å². The topological polar surface area (TPSA) is 99.1 Å². The summed E-state index contributed by atoms with van der Waals surface area (Å²) in [5.41, 5.74) is -0.264. The number of phenols is 1. The molecule has 21 heavy (non-hydrogen) atoms. The van der Waals surface area contributed by atoms with Gasteiger partial charge in [-0.3, -0.25) is 9.69 Å². The van der Waals surface area contributed by atoms with Crippen LogP contribution in [0.2, 0.25) is 0 Å². The second kappa shape index (κ2) is 6.94. The molecule has 0 spiro atoms. The van der Waals surface area contributed by atoms with Gasteiger partial charge in [0.25, 0.3) is 0 Å². The van der Waals surface area contributed by atoms with Gasteiger partial charge in [-0.25, -0.2) is 4.79 Å². The molecule has 116 valence electrons. The molecule has 0 aliphatic heterocycles. The van der Waals surface area contributed by atoms with Gasteiger partial charge < -0.3 is 20.3 Å². The fourth-order valence-corrected chi connectivity index (χ4v) is 1.80. The molecule has 0 atom stereocenters. The highest BCUT2D eigenvalue weighted by molar-refractivity contribution is 5.96. The van der Waals surface area contributed by atoms with Gasteiger partial charge in [-0.1, -0.05) is 0 Å². The van der Waals surface area contributed by atoms with Crippen molar-refractivity contribution in [2.24, 2.45) is 0 Å². The van der Waals surface area contributed by atoms with Gasteiger partial charge in [-0.15, -0.1) is 0 Å². The molecule has 7 nitrogen and oxygen atoms in total. The lowest BCUT2D eigenvalue weighted by Gasteiger charge is -2.29. The number of hydrogen-bond donors (Lipinski definition) is 3. The number of benzene rings is 1. The number of ether oxygens (including phenoxy) is 1. The van der Waals surface area contributed by atoms with Crippen LogP contribution in [0.1, 0.15) is 13.8 Å². The third-order valence-electron chi connectivity index (χ3n) is 2.65. The van der Waals surface area contributed by atoms with Crippen molar-refractivity contribution >= 4 is 17.7 Å². The Bertz CT molecular complexity index is 499. The highest BCUT2D eigenvalue weighted by Crippen LogP contribution is 2.19. The summed E-state index contributed by atoms with van der Waals surface area (Å²) in [5.74, 6) is -1.10. The average molecular weight is 296 g/mol. The standard InChI is InChI=1S/C14H20N2O5/c1-14(2,9-21-3)15-13(20)16(8-12(18)19)10-4-6-11(17)7-5-10/h4-7,17H,8-9H2,1-3H3,(H,15,20)(H,18,19). The molecule has 1 aromatic rings. The Balaban J connectivity index is 2.94. The van der Waals surface area contributed by atoms with Gasteiger partial charge in [0.1, 0.15) is 12.3 Å². The van der Waals surface area contributed by atoms with Gasteiger partial charge in [0.05, 0.1) is 12.1 Å². The second-order valence-corrected chi connectivity index (χ2v) is 5.24. The third kappa shape index (κ3) is 5.31. The zero-order chi connectivity index (χ0) is 16.0. The number of nitrogens with one attached hydrogen (secondary N) is 1. The Morgan fingerprint density at radius 3 is 2.33 bits per heavy atom. The predicted molar refractivity (Wildman–Crippen MR) is 77.6 cm³/mol. The summed E-state index contributed by atoms with van der Waals surface area (Å²) in [6.07, 6.45) is 0. The summed E-state index contributed by atoms with van der Waals surface area (Å²) >= 11 is 0. The van der Waals surface area contributed by atoms with Crippen molar-refractivity contribution in [3.63, 3.8) is 0 Å². The van der Waals surface area contributed by atoms with Crippen molar-refractivity contribution in [2.75, 3.05) is 25.2 Å². The van der Waals surface area contributed by atoms with Crippen LogP contribution >= 0.6 is 0 Å². The lowest BCUT2D eigenvalue weighted by Crippen LogP contribution is -2.53. The van der Waals surface area contributed by atoms with Crippen LogP contribution in [-0.2, 0) is 9.53 Å². The molecule has 0 heterocycles. The lowest BCUT2D eigenvalue weighted by molar-refractivity contribution is -0.135. The van der Waals surface area contributed by atoms with E-state index in [1.165, 1.54) is 31.4 Å². The van der Waals surface area contributed by atoms with Crippen molar-refractivity contribution in [1.82, 2.24) is 5.32 Å². The third-order valence-corrected chi connectivity index (χ3v) is 2.65. The van der Waals surface area contributed by atoms with Gasteiger partial charge in [-0.2, -0.15) is 0 Å². The number of anilines is 1. The van der Waals surface area contributed by atoms with Crippen LogP contribution in [0.4, 0.5) is 10.5 Å². The SMILES string of the molecule is COCC(C)(C)NC(=O)N(CC(=O)O)c1ccc(O)cc1. The first kappa shape index (κ1) is 16.8. The molecule has 7 heteroatoms. The number of hydrogen-bond acceptors (Lipinski definition) is 4. The Labute approximate surface area is 123 Å². The van der Waals surface area contributed by atoms with E-state index in [4.69, 9.17) is 9.84 Å². The normalized spacial score (nSPS) is 11.0. The van der Waals surface area contributed by atoms with Crippen molar-refractivity contribution in [3.8, 4) is 5.75 Å². The molecule has 0 aliphatic carbocycles. The van der Waals surface area contributed by atoms with Crippen molar-refractivity contribution < 1.29 is 24.5 Å². The summed E-state index contributed by atoms with van der Waals surface area (Å²) in [7, 11) is 1.52. The van der Waals surface area contributed by atoms with Gasteiger partial charge in [0.2, 0.25) is 0 Å². The number of rotatable bonds is 6. The molecule has 3 N–H and O–H groups in total. The Kier molecular flexibility index (Phi) is 5.54. The number of carbonyl (C=O) groups excluding carboxylic acids is 1. The summed E-state index contributed by atoms with van der Waals surface area (Å²) in [5, 5.41) is 20.9. The molecule has 0 bridgehead atoms. The van der Waals surface area contributed by atoms with Gasteiger partial charge in [-0.05, 0) is 38.1 Å². The van der Waals surface area contributed by atoms with Crippen LogP contribution in [0.25, 0.3) is 0 Å². The van der Waals surface area contributed by atoms with Gasteiger partial charge in [0, 0.05) is 12.8 Å². The van der Waals surface area contributed by atoms with E-state index in [-0.39, 0.29) is 12.4 Å². The highest BCUT2D eigenvalue weighted by Gasteiger charge is 2.26. The molecule has 2 amide bonds. The molecule has 0 unspecified atom stereocenters. The number of aliphatic carboxylic acids is 1. The number of carbonyl (C=O) groups is 2. The summed E-state index contributed by atoms with van der Waals surface area (Å²) < 4.78 is 5.01. The Hall–Kier alpha value is -2.28. The van der Waals surface area contributed by atoms with Gasteiger partial charge in [0.15, 0.2) is 0 Å². The molecule has 0 aromatic heterocycles. The van der Waals surface area contributed by atoms with E-state index in [2.05, 4.69) is 5.32 Å². The zero-order valence-electron chi connectivity index (χ0n) is 12.3. The number of methoxy groups -OCH3 is 1. The fraction of sp³-hybridized carbons (Fsp3) is 0.429. The smallest absolute Gasteiger partial charge is 0.323 e. The van der Waals surface area contributed by atoms with E-state index in [1.54, 1.807) is 13.8 Å². The van der Waals surface area contributed by atoms with E-state index in [0.29, 0.717) is 5.69 Å².